The summed E-state index contributed by atoms with van der Waals surface area (Å²) in [6, 6.07) is 6.04. The molecule has 1 aromatic carbocycles. The van der Waals surface area contributed by atoms with E-state index in [-0.39, 0.29) is 25.4 Å². The maximum absolute atomic E-state index is 14.2. The van der Waals surface area contributed by atoms with Gasteiger partial charge in [0.05, 0.1) is 18.3 Å². The molecule has 1 spiro atoms. The number of carbonyl (C=O) groups excluding carboxylic acids is 5. The molecule has 5 amide bonds. The maximum atomic E-state index is 14.2. The van der Waals surface area contributed by atoms with Crippen molar-refractivity contribution < 1.29 is 28.8 Å². The monoisotopic (exact) mass is 596 g/mol. The summed E-state index contributed by atoms with van der Waals surface area (Å²) in [6.45, 7) is 9.57. The lowest BCUT2D eigenvalue weighted by atomic mass is 9.85. The summed E-state index contributed by atoms with van der Waals surface area (Å²) < 4.78 is 0. The Morgan fingerprint density at radius 1 is 1.07 bits per heavy atom. The number of hydrogen-bond acceptors (Lipinski definition) is 7. The first-order chi connectivity index (χ1) is 20.4. The summed E-state index contributed by atoms with van der Waals surface area (Å²) in [6.07, 6.45) is 2.99. The minimum atomic E-state index is -1.03. The van der Waals surface area contributed by atoms with Gasteiger partial charge in [-0.25, -0.2) is 4.79 Å². The van der Waals surface area contributed by atoms with Crippen molar-refractivity contribution in [2.45, 2.75) is 103 Å². The molecule has 0 radical (unpaired) electrons. The smallest absolute Gasteiger partial charge is 0.315 e. The summed E-state index contributed by atoms with van der Waals surface area (Å²) in [5.74, 6) is -2.42. The van der Waals surface area contributed by atoms with Gasteiger partial charge in [0, 0.05) is 25.4 Å². The minimum Gasteiger partial charge on any atom is -0.387 e. The lowest BCUT2D eigenvalue weighted by Gasteiger charge is -2.35. The van der Waals surface area contributed by atoms with Gasteiger partial charge in [-0.05, 0) is 37.2 Å². The Morgan fingerprint density at radius 3 is 2.37 bits per heavy atom. The number of urea groups is 1. The van der Waals surface area contributed by atoms with Gasteiger partial charge in [-0.2, -0.15) is 0 Å². The Bertz CT molecular complexity index is 1260. The van der Waals surface area contributed by atoms with Crippen molar-refractivity contribution >= 4 is 35.2 Å². The van der Waals surface area contributed by atoms with E-state index >= 15 is 0 Å². The van der Waals surface area contributed by atoms with Gasteiger partial charge in [0.2, 0.25) is 17.6 Å². The normalized spacial score (nSPS) is 22.7. The fraction of sp³-hybridized carbons (Fsp3) is 0.613. The average molecular weight is 597 g/mol. The summed E-state index contributed by atoms with van der Waals surface area (Å²) in [7, 11) is 0. The number of hydrogen-bond donors (Lipinski definition) is 4. The summed E-state index contributed by atoms with van der Waals surface area (Å²) in [4.78, 5) is 73.6. The quantitative estimate of drug-likeness (QED) is 0.286. The standard InChI is InChI=1S/C31H44N6O6/c1-6-11-21(24(38)27(40)33-20-14-15-20)34-26(39)23-17-31(16-22(36-43-31)19-12-9-8-10-13-19)18-37(23)28(41)25(30(3,4)5)35-29(42)32-7-2/h8-10,12-13,20-21,23,25H,6-7,11,14-18H2,1-5H3,(H,33,40)(H,34,39)(H2,32,35,42)/t21-,23-,25+,31+/m0/s1. The molecule has 3 aliphatic rings. The maximum Gasteiger partial charge on any atom is 0.315 e. The topological polar surface area (TPSA) is 158 Å². The van der Waals surface area contributed by atoms with Crippen LogP contribution in [0.15, 0.2) is 35.5 Å². The Kier molecular flexibility index (Phi) is 9.76. The predicted molar refractivity (Wildman–Crippen MR) is 160 cm³/mol. The van der Waals surface area contributed by atoms with Crippen LogP contribution in [0.4, 0.5) is 4.79 Å². The molecule has 0 unspecified atom stereocenters. The number of nitrogens with zero attached hydrogens (tertiary/aromatic N) is 2. The van der Waals surface area contributed by atoms with E-state index in [1.807, 2.05) is 58.0 Å². The Morgan fingerprint density at radius 2 is 1.77 bits per heavy atom. The van der Waals surface area contributed by atoms with Crippen molar-refractivity contribution in [2.24, 2.45) is 10.6 Å². The first kappa shape index (κ1) is 32.0. The summed E-state index contributed by atoms with van der Waals surface area (Å²) in [5.41, 5.74) is -0.0727. The lowest BCUT2D eigenvalue weighted by molar-refractivity contribution is -0.144. The highest BCUT2D eigenvalue weighted by atomic mass is 16.7. The van der Waals surface area contributed by atoms with Crippen molar-refractivity contribution in [1.82, 2.24) is 26.2 Å². The molecule has 4 atom stereocenters. The van der Waals surface area contributed by atoms with E-state index in [1.165, 1.54) is 4.90 Å². The van der Waals surface area contributed by atoms with E-state index in [9.17, 15) is 24.0 Å². The Balaban J connectivity index is 1.60. The van der Waals surface area contributed by atoms with Crippen molar-refractivity contribution in [3.63, 3.8) is 0 Å². The van der Waals surface area contributed by atoms with Crippen molar-refractivity contribution in [2.75, 3.05) is 13.1 Å². The summed E-state index contributed by atoms with van der Waals surface area (Å²) >= 11 is 0. The highest BCUT2D eigenvalue weighted by Crippen LogP contribution is 2.40. The molecular formula is C31H44N6O6. The molecule has 12 nitrogen and oxygen atoms in total. The number of nitrogens with one attached hydrogen (secondary N) is 4. The first-order valence-corrected chi connectivity index (χ1v) is 15.2. The van der Waals surface area contributed by atoms with Gasteiger partial charge in [-0.3, -0.25) is 19.2 Å². The SMILES string of the molecule is CCC[C@H](NC(=O)[C@@H]1C[C@]2(CC(c3ccccc3)=NO2)CN1C(=O)[C@@H](NC(=O)NCC)C(C)(C)C)C(=O)C(=O)NC1CC1. The molecule has 2 aliphatic heterocycles. The zero-order chi connectivity index (χ0) is 31.4. The first-order valence-electron chi connectivity index (χ1n) is 15.2. The van der Waals surface area contributed by atoms with Crippen LogP contribution in [0.25, 0.3) is 0 Å². The number of carbonyl (C=O) groups is 5. The van der Waals surface area contributed by atoms with Gasteiger partial charge in [-0.15, -0.1) is 0 Å². The molecule has 0 aromatic heterocycles. The second-order valence-electron chi connectivity index (χ2n) is 12.8. The van der Waals surface area contributed by atoms with E-state index in [0.29, 0.717) is 25.1 Å². The van der Waals surface area contributed by atoms with E-state index in [1.54, 1.807) is 6.92 Å². The molecule has 4 N–H and O–H groups in total. The fourth-order valence-electron chi connectivity index (χ4n) is 5.54. The second kappa shape index (κ2) is 13.1. The molecule has 1 aromatic rings. The van der Waals surface area contributed by atoms with Crippen molar-refractivity contribution in [1.29, 1.82) is 0 Å². The molecule has 4 rings (SSSR count). The molecule has 12 heteroatoms. The zero-order valence-electron chi connectivity index (χ0n) is 25.7. The molecule has 1 saturated carbocycles. The highest BCUT2D eigenvalue weighted by molar-refractivity contribution is 6.38. The molecule has 234 valence electrons. The number of benzene rings is 1. The Hall–Kier alpha value is -3.96. The van der Waals surface area contributed by atoms with Crippen molar-refractivity contribution in [3.8, 4) is 0 Å². The average Bonchev–Trinajstić information content (AvgIpc) is 3.56. The predicted octanol–water partition coefficient (Wildman–Crippen LogP) is 2.02. The van der Waals surface area contributed by atoms with Crippen LogP contribution >= 0.6 is 0 Å². The van der Waals surface area contributed by atoms with Gasteiger partial charge < -0.3 is 31.0 Å². The molecule has 43 heavy (non-hydrogen) atoms. The number of oxime groups is 1. The van der Waals surface area contributed by atoms with Gasteiger partial charge in [0.25, 0.3) is 5.91 Å². The van der Waals surface area contributed by atoms with Crippen LogP contribution < -0.4 is 21.3 Å². The van der Waals surface area contributed by atoms with Gasteiger partial charge in [0.1, 0.15) is 12.1 Å². The number of amides is 5. The number of likely N-dealkylation sites (tertiary alicyclic amines) is 1. The van der Waals surface area contributed by atoms with Crippen LogP contribution in [0, 0.1) is 5.41 Å². The number of rotatable bonds is 11. The number of ketones is 1. The minimum absolute atomic E-state index is 0.00213. The summed E-state index contributed by atoms with van der Waals surface area (Å²) in [5, 5.41) is 15.2. The third-order valence-electron chi connectivity index (χ3n) is 8.00. The molecule has 1 aliphatic carbocycles. The third-order valence-corrected chi connectivity index (χ3v) is 8.00. The molecule has 1 saturated heterocycles. The van der Waals surface area contributed by atoms with Gasteiger partial charge in [-0.1, -0.05) is 69.6 Å². The molecular weight excluding hydrogens is 552 g/mol. The zero-order valence-corrected chi connectivity index (χ0v) is 25.7. The number of Topliss-reactive ketones (excluding diaryl/α,β-unsaturated/α-hetero) is 1. The van der Waals surface area contributed by atoms with Crippen LogP contribution in [0.1, 0.15) is 78.7 Å². The van der Waals surface area contributed by atoms with E-state index in [0.717, 1.165) is 18.4 Å². The van der Waals surface area contributed by atoms with Crippen LogP contribution in [0.2, 0.25) is 0 Å². The van der Waals surface area contributed by atoms with Gasteiger partial charge in [0.15, 0.2) is 5.60 Å². The van der Waals surface area contributed by atoms with E-state index in [4.69, 9.17) is 4.84 Å². The molecule has 2 heterocycles. The van der Waals surface area contributed by atoms with Crippen LogP contribution in [-0.2, 0) is 24.0 Å². The van der Waals surface area contributed by atoms with Crippen LogP contribution in [0.3, 0.4) is 0 Å². The van der Waals surface area contributed by atoms with Gasteiger partial charge >= 0.3 is 6.03 Å². The fourth-order valence-corrected chi connectivity index (χ4v) is 5.54. The Labute approximate surface area is 252 Å². The van der Waals surface area contributed by atoms with Crippen molar-refractivity contribution in [3.05, 3.63) is 35.9 Å². The lowest BCUT2D eigenvalue weighted by Crippen LogP contribution is -2.60. The van der Waals surface area contributed by atoms with E-state index < -0.39 is 58.7 Å². The molecule has 2 fully saturated rings. The molecule has 0 bridgehead atoms. The third kappa shape index (κ3) is 7.71. The van der Waals surface area contributed by atoms with Crippen LogP contribution in [0.5, 0.6) is 0 Å². The van der Waals surface area contributed by atoms with E-state index in [2.05, 4.69) is 26.4 Å². The second-order valence-corrected chi connectivity index (χ2v) is 12.8. The van der Waals surface area contributed by atoms with Crippen LogP contribution in [-0.4, -0.2) is 83.0 Å². The largest absolute Gasteiger partial charge is 0.387 e. The highest BCUT2D eigenvalue weighted by Gasteiger charge is 2.55.